The highest BCUT2D eigenvalue weighted by atomic mass is 32.2. The molecule has 0 saturated carbocycles. The number of aromatic nitrogens is 2. The third-order valence-corrected chi connectivity index (χ3v) is 3.41. The molecule has 2 aromatic rings. The lowest BCUT2D eigenvalue weighted by Gasteiger charge is -2.04. The Balaban J connectivity index is 2.16. The number of aryl methyl sites for hydroxylation is 2. The van der Waals surface area contributed by atoms with Gasteiger partial charge in [-0.2, -0.15) is 0 Å². The van der Waals surface area contributed by atoms with Gasteiger partial charge >= 0.3 is 0 Å². The first-order valence-electron chi connectivity index (χ1n) is 5.37. The van der Waals surface area contributed by atoms with E-state index in [4.69, 9.17) is 5.11 Å². The third kappa shape index (κ3) is 3.05. The van der Waals surface area contributed by atoms with Crippen LogP contribution in [-0.4, -0.2) is 15.1 Å². The van der Waals surface area contributed by atoms with Crippen molar-refractivity contribution in [1.29, 1.82) is 0 Å². The number of rotatable bonds is 3. The molecule has 1 aromatic heterocycles. The first kappa shape index (κ1) is 12.1. The molecular formula is C13H14N2OS. The van der Waals surface area contributed by atoms with Crippen LogP contribution in [0, 0.1) is 13.8 Å². The Bertz CT molecular complexity index is 511. The molecule has 1 heterocycles. The maximum absolute atomic E-state index is 8.96. The summed E-state index contributed by atoms with van der Waals surface area (Å²) in [6.07, 6.45) is 1.78. The maximum atomic E-state index is 8.96. The van der Waals surface area contributed by atoms with Crippen LogP contribution in [-0.2, 0) is 6.61 Å². The maximum Gasteiger partial charge on any atom is 0.119 e. The Morgan fingerprint density at radius 3 is 2.41 bits per heavy atom. The first-order chi connectivity index (χ1) is 8.19. The molecule has 2 rings (SSSR count). The summed E-state index contributed by atoms with van der Waals surface area (Å²) in [7, 11) is 0. The Morgan fingerprint density at radius 2 is 1.82 bits per heavy atom. The lowest BCUT2D eigenvalue weighted by Crippen LogP contribution is -1.92. The zero-order valence-electron chi connectivity index (χ0n) is 9.84. The molecule has 88 valence electrons. The number of hydrogen-bond acceptors (Lipinski definition) is 4. The molecule has 4 heteroatoms. The summed E-state index contributed by atoms with van der Waals surface area (Å²) < 4.78 is 0. The molecule has 0 unspecified atom stereocenters. The minimum Gasteiger partial charge on any atom is -0.392 e. The molecule has 3 nitrogen and oxygen atoms in total. The van der Waals surface area contributed by atoms with Crippen molar-refractivity contribution in [2.45, 2.75) is 30.4 Å². The molecule has 0 saturated heterocycles. The Hall–Kier alpha value is -1.39. The standard InChI is InChI=1S/C13H14N2OS/c1-9-10(2)15-13(7-14-9)17-12-5-3-11(8-16)4-6-12/h3-7,16H,8H2,1-2H3. The zero-order chi connectivity index (χ0) is 12.3. The van der Waals surface area contributed by atoms with Crippen molar-refractivity contribution in [2.24, 2.45) is 0 Å². The average Bonchev–Trinajstić information content (AvgIpc) is 2.35. The molecule has 0 amide bonds. The predicted molar refractivity (Wildman–Crippen MR) is 68.0 cm³/mol. The van der Waals surface area contributed by atoms with Gasteiger partial charge in [-0.15, -0.1) is 0 Å². The highest BCUT2D eigenvalue weighted by Gasteiger charge is 2.02. The van der Waals surface area contributed by atoms with E-state index in [0.717, 1.165) is 26.9 Å². The summed E-state index contributed by atoms with van der Waals surface area (Å²) in [4.78, 5) is 9.84. The Kier molecular flexibility index (Phi) is 3.76. The number of benzene rings is 1. The molecule has 0 bridgehead atoms. The van der Waals surface area contributed by atoms with Gasteiger partial charge in [0.05, 0.1) is 24.2 Å². The van der Waals surface area contributed by atoms with E-state index in [2.05, 4.69) is 9.97 Å². The largest absolute Gasteiger partial charge is 0.392 e. The number of aliphatic hydroxyl groups excluding tert-OH is 1. The average molecular weight is 246 g/mol. The molecule has 0 radical (unpaired) electrons. The monoisotopic (exact) mass is 246 g/mol. The first-order valence-corrected chi connectivity index (χ1v) is 6.18. The van der Waals surface area contributed by atoms with Crippen molar-refractivity contribution in [2.75, 3.05) is 0 Å². The molecule has 1 N–H and O–H groups in total. The topological polar surface area (TPSA) is 46.0 Å². The molecule has 0 spiro atoms. The lowest BCUT2D eigenvalue weighted by molar-refractivity contribution is 0.282. The van der Waals surface area contributed by atoms with E-state index in [1.54, 1.807) is 18.0 Å². The van der Waals surface area contributed by atoms with E-state index in [0.29, 0.717) is 0 Å². The van der Waals surface area contributed by atoms with Gasteiger partial charge in [-0.25, -0.2) is 4.98 Å². The van der Waals surface area contributed by atoms with Crippen LogP contribution >= 0.6 is 11.8 Å². The van der Waals surface area contributed by atoms with Gasteiger partial charge in [-0.3, -0.25) is 4.98 Å². The lowest BCUT2D eigenvalue weighted by atomic mass is 10.2. The summed E-state index contributed by atoms with van der Waals surface area (Å²) >= 11 is 1.57. The van der Waals surface area contributed by atoms with Crippen LogP contribution in [0.5, 0.6) is 0 Å². The van der Waals surface area contributed by atoms with Crippen LogP contribution in [0.3, 0.4) is 0 Å². The smallest absolute Gasteiger partial charge is 0.119 e. The zero-order valence-corrected chi connectivity index (χ0v) is 10.7. The van der Waals surface area contributed by atoms with E-state index >= 15 is 0 Å². The summed E-state index contributed by atoms with van der Waals surface area (Å²) in [5.41, 5.74) is 2.84. The molecule has 1 aromatic carbocycles. The molecule has 17 heavy (non-hydrogen) atoms. The van der Waals surface area contributed by atoms with E-state index in [-0.39, 0.29) is 6.61 Å². The second kappa shape index (κ2) is 5.29. The number of hydrogen-bond donors (Lipinski definition) is 1. The molecule has 0 fully saturated rings. The van der Waals surface area contributed by atoms with Gasteiger partial charge in [0, 0.05) is 4.90 Å². The Morgan fingerprint density at radius 1 is 1.12 bits per heavy atom. The van der Waals surface area contributed by atoms with Crippen molar-refractivity contribution in [3.05, 3.63) is 47.4 Å². The molecular weight excluding hydrogens is 232 g/mol. The second-order valence-corrected chi connectivity index (χ2v) is 4.88. The Labute approximate surface area is 105 Å². The van der Waals surface area contributed by atoms with Gasteiger partial charge in [0.25, 0.3) is 0 Å². The second-order valence-electron chi connectivity index (χ2n) is 3.78. The van der Waals surface area contributed by atoms with Gasteiger partial charge in [-0.1, -0.05) is 23.9 Å². The predicted octanol–water partition coefficient (Wildman–Crippen LogP) is 2.74. The minimum atomic E-state index is 0.0778. The van der Waals surface area contributed by atoms with Crippen molar-refractivity contribution in [3.8, 4) is 0 Å². The molecule has 0 atom stereocenters. The minimum absolute atomic E-state index is 0.0778. The quantitative estimate of drug-likeness (QED) is 0.904. The van der Waals surface area contributed by atoms with Crippen LogP contribution < -0.4 is 0 Å². The van der Waals surface area contributed by atoms with Crippen LogP contribution in [0.4, 0.5) is 0 Å². The van der Waals surface area contributed by atoms with Crippen molar-refractivity contribution in [1.82, 2.24) is 9.97 Å². The highest BCUT2D eigenvalue weighted by Crippen LogP contribution is 2.26. The third-order valence-electron chi connectivity index (χ3n) is 2.50. The van der Waals surface area contributed by atoms with Gasteiger partial charge < -0.3 is 5.11 Å². The molecule has 0 aliphatic carbocycles. The fourth-order valence-corrected chi connectivity index (χ4v) is 2.15. The van der Waals surface area contributed by atoms with Gasteiger partial charge in [0.2, 0.25) is 0 Å². The fourth-order valence-electron chi connectivity index (χ4n) is 1.35. The van der Waals surface area contributed by atoms with Crippen LogP contribution in [0.25, 0.3) is 0 Å². The van der Waals surface area contributed by atoms with Crippen LogP contribution in [0.15, 0.2) is 40.4 Å². The molecule has 0 aliphatic rings. The summed E-state index contributed by atoms with van der Waals surface area (Å²) in [5.74, 6) is 0. The van der Waals surface area contributed by atoms with Crippen LogP contribution in [0.1, 0.15) is 17.0 Å². The van der Waals surface area contributed by atoms with Crippen LogP contribution in [0.2, 0.25) is 0 Å². The molecule has 0 aliphatic heterocycles. The summed E-state index contributed by atoms with van der Waals surface area (Å²) in [5, 5.41) is 9.85. The van der Waals surface area contributed by atoms with Gasteiger partial charge in [-0.05, 0) is 31.5 Å². The fraction of sp³-hybridized carbons (Fsp3) is 0.231. The normalized spacial score (nSPS) is 10.5. The van der Waals surface area contributed by atoms with E-state index in [9.17, 15) is 0 Å². The van der Waals surface area contributed by atoms with Gasteiger partial charge in [0.1, 0.15) is 5.03 Å². The van der Waals surface area contributed by atoms with Crippen molar-refractivity contribution >= 4 is 11.8 Å². The van der Waals surface area contributed by atoms with Crippen molar-refractivity contribution < 1.29 is 5.11 Å². The van der Waals surface area contributed by atoms with E-state index in [1.807, 2.05) is 38.1 Å². The number of aliphatic hydroxyl groups is 1. The van der Waals surface area contributed by atoms with E-state index < -0.39 is 0 Å². The SMILES string of the molecule is Cc1ncc(Sc2ccc(CO)cc2)nc1C. The van der Waals surface area contributed by atoms with E-state index in [1.165, 1.54) is 0 Å². The summed E-state index contributed by atoms with van der Waals surface area (Å²) in [6, 6.07) is 7.79. The van der Waals surface area contributed by atoms with Crippen molar-refractivity contribution in [3.63, 3.8) is 0 Å². The summed E-state index contributed by atoms with van der Waals surface area (Å²) in [6.45, 7) is 3.99. The highest BCUT2D eigenvalue weighted by molar-refractivity contribution is 7.99. The number of nitrogens with zero attached hydrogens (tertiary/aromatic N) is 2. The van der Waals surface area contributed by atoms with Gasteiger partial charge in [0.15, 0.2) is 0 Å².